The summed E-state index contributed by atoms with van der Waals surface area (Å²) < 4.78 is 41.2. The summed E-state index contributed by atoms with van der Waals surface area (Å²) in [6.45, 7) is 6.71. The highest BCUT2D eigenvalue weighted by Gasteiger charge is 2.32. The van der Waals surface area contributed by atoms with Gasteiger partial charge in [0.2, 0.25) is 11.5 Å². The Labute approximate surface area is 188 Å². The van der Waals surface area contributed by atoms with Gasteiger partial charge in [-0.25, -0.2) is 17.7 Å². The smallest absolute Gasteiger partial charge is 0.250 e. The van der Waals surface area contributed by atoms with E-state index < -0.39 is 16.1 Å². The third-order valence-corrected chi connectivity index (χ3v) is 7.03. The minimum Gasteiger partial charge on any atom is -0.508 e. The van der Waals surface area contributed by atoms with Gasteiger partial charge in [0.15, 0.2) is 11.9 Å². The van der Waals surface area contributed by atoms with Gasteiger partial charge in [-0.3, -0.25) is 0 Å². The number of aliphatic hydroxyl groups is 1. The molecular weight excluding hydrogens is 432 g/mol. The Morgan fingerprint density at radius 2 is 1.69 bits per heavy atom. The molecular formula is C23H29N2O6S+. The first-order valence-corrected chi connectivity index (χ1v) is 11.7. The van der Waals surface area contributed by atoms with Crippen molar-refractivity contribution in [2.24, 2.45) is 7.05 Å². The summed E-state index contributed by atoms with van der Waals surface area (Å²) in [7, 11) is -2.24. The Balaban J connectivity index is 1.80. The van der Waals surface area contributed by atoms with Crippen LogP contribution >= 0.6 is 0 Å². The van der Waals surface area contributed by atoms with Gasteiger partial charge in [0, 0.05) is 19.9 Å². The first-order valence-electron chi connectivity index (χ1n) is 10.2. The molecule has 3 aromatic rings. The van der Waals surface area contributed by atoms with Crippen LogP contribution in [0.25, 0.3) is 0 Å². The lowest BCUT2D eigenvalue weighted by atomic mass is 10.0. The number of hydrogen-bond acceptors (Lipinski definition) is 6. The van der Waals surface area contributed by atoms with E-state index in [4.69, 9.17) is 9.26 Å². The molecule has 32 heavy (non-hydrogen) atoms. The standard InChI is InChI=1S/C23H28N2O6S/c1-14-10-18(11-15(2)22(14)30-21-8-6-20(27)7-9-21)12-19(13-26)24-32(28,29)23-16(3)25(5)31-17(23)4/h6-11,19,24,26H,12-13H2,1-5H3/p+1. The lowest BCUT2D eigenvalue weighted by Gasteiger charge is -2.18. The van der Waals surface area contributed by atoms with Crippen LogP contribution in [0.15, 0.2) is 45.8 Å². The summed E-state index contributed by atoms with van der Waals surface area (Å²) in [5.74, 6) is 1.74. The van der Waals surface area contributed by atoms with Crippen molar-refractivity contribution in [1.29, 1.82) is 0 Å². The van der Waals surface area contributed by atoms with Crippen LogP contribution in [-0.4, -0.2) is 31.3 Å². The second-order valence-electron chi connectivity index (χ2n) is 7.92. The number of aryl methyl sites for hydroxylation is 4. The molecule has 9 heteroatoms. The topological polar surface area (TPSA) is 113 Å². The summed E-state index contributed by atoms with van der Waals surface area (Å²) >= 11 is 0. The Hall–Kier alpha value is -2.88. The lowest BCUT2D eigenvalue weighted by Crippen LogP contribution is -2.40. The third-order valence-electron chi connectivity index (χ3n) is 5.26. The highest BCUT2D eigenvalue weighted by molar-refractivity contribution is 7.89. The third kappa shape index (κ3) is 5.12. The van der Waals surface area contributed by atoms with E-state index in [2.05, 4.69) is 4.72 Å². The average molecular weight is 462 g/mol. The molecule has 0 radical (unpaired) electrons. The van der Waals surface area contributed by atoms with Gasteiger partial charge in [0.1, 0.15) is 17.2 Å². The quantitative estimate of drug-likeness (QED) is 0.445. The van der Waals surface area contributed by atoms with E-state index in [1.54, 1.807) is 45.2 Å². The number of ether oxygens (including phenoxy) is 1. The first kappa shape index (κ1) is 23.8. The van der Waals surface area contributed by atoms with Crippen molar-refractivity contribution in [2.75, 3.05) is 6.61 Å². The molecule has 0 fully saturated rings. The van der Waals surface area contributed by atoms with E-state index in [1.807, 2.05) is 26.0 Å². The number of rotatable bonds is 8. The second-order valence-corrected chi connectivity index (χ2v) is 9.57. The number of phenols is 1. The minimum absolute atomic E-state index is 0.0865. The highest BCUT2D eigenvalue weighted by atomic mass is 32.2. The molecule has 1 unspecified atom stereocenters. The predicted molar refractivity (Wildman–Crippen MR) is 118 cm³/mol. The molecule has 1 aromatic heterocycles. The molecule has 0 saturated carbocycles. The molecule has 0 aliphatic carbocycles. The van der Waals surface area contributed by atoms with Crippen LogP contribution in [0.4, 0.5) is 0 Å². The van der Waals surface area contributed by atoms with Crippen molar-refractivity contribution in [1.82, 2.24) is 4.72 Å². The fourth-order valence-electron chi connectivity index (χ4n) is 3.75. The molecule has 3 rings (SSSR count). The minimum atomic E-state index is -3.87. The van der Waals surface area contributed by atoms with Crippen molar-refractivity contribution in [3.8, 4) is 17.2 Å². The molecule has 3 N–H and O–H groups in total. The van der Waals surface area contributed by atoms with Gasteiger partial charge < -0.3 is 14.9 Å². The number of aliphatic hydroxyl groups excluding tert-OH is 1. The molecule has 0 bridgehead atoms. The maximum atomic E-state index is 12.9. The SMILES string of the molecule is Cc1cc(CC(CO)NS(=O)(=O)c2c(C)o[n+](C)c2C)cc(C)c1Oc1ccc(O)cc1. The molecule has 1 heterocycles. The largest absolute Gasteiger partial charge is 0.508 e. The Kier molecular flexibility index (Phi) is 6.92. The van der Waals surface area contributed by atoms with E-state index in [0.29, 0.717) is 23.6 Å². The zero-order valence-electron chi connectivity index (χ0n) is 18.8. The van der Waals surface area contributed by atoms with E-state index in [-0.39, 0.29) is 23.0 Å². The van der Waals surface area contributed by atoms with Gasteiger partial charge in [-0.05, 0) is 66.0 Å². The van der Waals surface area contributed by atoms with Crippen LogP contribution < -0.4 is 14.2 Å². The lowest BCUT2D eigenvalue weighted by molar-refractivity contribution is -0.850. The first-order chi connectivity index (χ1) is 15.0. The number of benzene rings is 2. The van der Waals surface area contributed by atoms with Crippen LogP contribution in [-0.2, 0) is 23.5 Å². The molecule has 8 nitrogen and oxygen atoms in total. The maximum Gasteiger partial charge on any atom is 0.250 e. The van der Waals surface area contributed by atoms with E-state index in [0.717, 1.165) is 16.7 Å². The average Bonchev–Trinajstić information content (AvgIpc) is 2.97. The molecule has 0 saturated heterocycles. The van der Waals surface area contributed by atoms with Crippen LogP contribution in [0.3, 0.4) is 0 Å². The summed E-state index contributed by atoms with van der Waals surface area (Å²) in [4.78, 5) is 0.0865. The Morgan fingerprint density at radius 1 is 1.09 bits per heavy atom. The molecule has 0 spiro atoms. The normalized spacial score (nSPS) is 12.7. The van der Waals surface area contributed by atoms with Gasteiger partial charge in [0.05, 0.1) is 6.61 Å². The summed E-state index contributed by atoms with van der Waals surface area (Å²) in [5.41, 5.74) is 3.10. The zero-order chi connectivity index (χ0) is 23.6. The van der Waals surface area contributed by atoms with Gasteiger partial charge in [-0.1, -0.05) is 12.1 Å². The summed E-state index contributed by atoms with van der Waals surface area (Å²) in [6, 6.07) is 9.58. The number of sulfonamides is 1. The van der Waals surface area contributed by atoms with Crippen LogP contribution in [0.1, 0.15) is 28.1 Å². The number of aromatic nitrogens is 1. The molecule has 0 aliphatic rings. The summed E-state index contributed by atoms with van der Waals surface area (Å²) in [6.07, 6.45) is 0.305. The number of aromatic hydroxyl groups is 1. The molecule has 2 aromatic carbocycles. The van der Waals surface area contributed by atoms with Crippen LogP contribution in [0.5, 0.6) is 17.2 Å². The van der Waals surface area contributed by atoms with Crippen molar-refractivity contribution in [3.63, 3.8) is 0 Å². The Bertz CT molecular complexity index is 1190. The number of nitrogens with one attached hydrogen (secondary N) is 1. The monoisotopic (exact) mass is 461 g/mol. The zero-order valence-corrected chi connectivity index (χ0v) is 19.7. The van der Waals surface area contributed by atoms with E-state index >= 15 is 0 Å². The molecule has 1 atom stereocenters. The van der Waals surface area contributed by atoms with Gasteiger partial charge in [-0.2, -0.15) is 0 Å². The van der Waals surface area contributed by atoms with Crippen LogP contribution in [0, 0.1) is 27.7 Å². The molecule has 0 aliphatic heterocycles. The Morgan fingerprint density at radius 3 is 2.19 bits per heavy atom. The molecule has 0 amide bonds. The predicted octanol–water partition coefficient (Wildman–Crippen LogP) is 2.72. The molecule has 172 valence electrons. The van der Waals surface area contributed by atoms with Crippen molar-refractivity contribution in [2.45, 2.75) is 45.1 Å². The maximum absolute atomic E-state index is 12.9. The van der Waals surface area contributed by atoms with Gasteiger partial charge in [0.25, 0.3) is 10.0 Å². The number of nitrogens with zero attached hydrogens (tertiary/aromatic N) is 1. The van der Waals surface area contributed by atoms with Gasteiger partial charge >= 0.3 is 0 Å². The van der Waals surface area contributed by atoms with Crippen LogP contribution in [0.2, 0.25) is 0 Å². The number of hydrogen-bond donors (Lipinski definition) is 3. The van der Waals surface area contributed by atoms with Gasteiger partial charge in [-0.15, -0.1) is 0 Å². The highest BCUT2D eigenvalue weighted by Crippen LogP contribution is 2.31. The van der Waals surface area contributed by atoms with Crippen molar-refractivity contribution < 1.29 is 32.6 Å². The fraction of sp³-hybridized carbons (Fsp3) is 0.348. The van der Waals surface area contributed by atoms with Crippen molar-refractivity contribution >= 4 is 10.0 Å². The second kappa shape index (κ2) is 9.32. The van der Waals surface area contributed by atoms with E-state index in [1.165, 1.54) is 4.74 Å². The fourth-order valence-corrected chi connectivity index (χ4v) is 5.40. The van der Waals surface area contributed by atoms with Crippen molar-refractivity contribution in [3.05, 3.63) is 64.5 Å². The summed E-state index contributed by atoms with van der Waals surface area (Å²) in [5, 5.41) is 19.3. The number of phenolic OH excluding ortho intramolecular Hbond substituents is 1. The van der Waals surface area contributed by atoms with E-state index in [9.17, 15) is 18.6 Å².